The summed E-state index contributed by atoms with van der Waals surface area (Å²) in [5.74, 6) is -0.563. The Bertz CT molecular complexity index is 931. The molecule has 1 aliphatic rings. The van der Waals surface area contributed by atoms with Crippen LogP contribution in [0.3, 0.4) is 0 Å². The minimum absolute atomic E-state index is 0.0514. The third-order valence-electron chi connectivity index (χ3n) is 4.86. The molecule has 0 atom stereocenters. The summed E-state index contributed by atoms with van der Waals surface area (Å²) in [4.78, 5) is 14.5. The van der Waals surface area contributed by atoms with Crippen LogP contribution >= 0.6 is 23.2 Å². The number of likely N-dealkylation sites (tertiary alicyclic amines) is 1. The lowest BCUT2D eigenvalue weighted by Crippen LogP contribution is -2.35. The zero-order valence-corrected chi connectivity index (χ0v) is 18.3. The Morgan fingerprint density at radius 2 is 1.69 bits per heavy atom. The van der Waals surface area contributed by atoms with E-state index in [-0.39, 0.29) is 32.4 Å². The van der Waals surface area contributed by atoms with E-state index < -0.39 is 15.6 Å². The molecule has 2 heterocycles. The van der Waals surface area contributed by atoms with Crippen LogP contribution in [0.1, 0.15) is 42.0 Å². The first-order valence-electron chi connectivity index (χ1n) is 9.63. The summed E-state index contributed by atoms with van der Waals surface area (Å²) >= 11 is 12.0. The number of hydrogen-bond donors (Lipinski definition) is 1. The molecule has 1 N–H and O–H groups in total. The second-order valence-corrected chi connectivity index (χ2v) is 9.83. The lowest BCUT2D eigenvalue weighted by atomic mass is 10.2. The average Bonchev–Trinajstić information content (AvgIpc) is 2.95. The predicted molar refractivity (Wildman–Crippen MR) is 113 cm³/mol. The molecule has 0 radical (unpaired) electrons. The number of sulfone groups is 1. The van der Waals surface area contributed by atoms with Crippen molar-refractivity contribution in [2.75, 3.05) is 26.2 Å². The molecule has 0 aliphatic carbocycles. The largest absolute Gasteiger partial charge is 0.455 e. The molecule has 6 nitrogen and oxygen atoms in total. The lowest BCUT2D eigenvalue weighted by Gasteiger charge is -2.19. The fraction of sp³-hybridized carbons (Fsp3) is 0.450. The van der Waals surface area contributed by atoms with E-state index in [0.717, 1.165) is 19.6 Å². The van der Waals surface area contributed by atoms with Gasteiger partial charge in [-0.2, -0.15) is 0 Å². The van der Waals surface area contributed by atoms with Crippen molar-refractivity contribution in [1.29, 1.82) is 0 Å². The van der Waals surface area contributed by atoms with Gasteiger partial charge < -0.3 is 14.6 Å². The van der Waals surface area contributed by atoms with Gasteiger partial charge in [-0.05, 0) is 50.2 Å². The van der Waals surface area contributed by atoms with Gasteiger partial charge in [0.25, 0.3) is 5.91 Å². The van der Waals surface area contributed by atoms with Gasteiger partial charge in [-0.3, -0.25) is 4.79 Å². The standard InChI is InChI=1S/C20H24Cl2N2O4S/c21-16-6-5-7-17(22)19(16)29(26,27)14-15-8-9-18(28-15)20(25)23-10-13-24-11-3-1-2-4-12-24/h5-9H,1-4,10-14H2,(H,23,25). The van der Waals surface area contributed by atoms with E-state index in [2.05, 4.69) is 10.2 Å². The number of carbonyl (C=O) groups excluding carboxylic acids is 1. The number of carbonyl (C=O) groups is 1. The van der Waals surface area contributed by atoms with E-state index >= 15 is 0 Å². The molecule has 2 aromatic rings. The Hall–Kier alpha value is -1.54. The maximum absolute atomic E-state index is 12.7. The molecule has 0 unspecified atom stereocenters. The van der Waals surface area contributed by atoms with Crippen LogP contribution in [0.5, 0.6) is 0 Å². The first-order valence-corrected chi connectivity index (χ1v) is 12.0. The zero-order chi connectivity index (χ0) is 20.9. The second kappa shape index (κ2) is 9.98. The lowest BCUT2D eigenvalue weighted by molar-refractivity contribution is 0.0919. The fourth-order valence-electron chi connectivity index (χ4n) is 3.39. The van der Waals surface area contributed by atoms with Crippen LogP contribution in [0.2, 0.25) is 10.0 Å². The smallest absolute Gasteiger partial charge is 0.287 e. The van der Waals surface area contributed by atoms with E-state index in [1.165, 1.54) is 49.9 Å². The van der Waals surface area contributed by atoms with Crippen LogP contribution in [0.4, 0.5) is 0 Å². The van der Waals surface area contributed by atoms with Gasteiger partial charge in [-0.1, -0.05) is 42.1 Å². The molecule has 1 fully saturated rings. The molecule has 29 heavy (non-hydrogen) atoms. The molecule has 0 bridgehead atoms. The highest BCUT2D eigenvalue weighted by atomic mass is 35.5. The maximum Gasteiger partial charge on any atom is 0.287 e. The van der Waals surface area contributed by atoms with Crippen LogP contribution < -0.4 is 5.32 Å². The van der Waals surface area contributed by atoms with Crippen molar-refractivity contribution in [2.45, 2.75) is 36.3 Å². The summed E-state index contributed by atoms with van der Waals surface area (Å²) in [6, 6.07) is 7.45. The molecule has 1 saturated heterocycles. The van der Waals surface area contributed by atoms with Gasteiger partial charge in [0, 0.05) is 13.1 Å². The summed E-state index contributed by atoms with van der Waals surface area (Å²) < 4.78 is 30.8. The van der Waals surface area contributed by atoms with Crippen LogP contribution in [-0.2, 0) is 15.6 Å². The molecular formula is C20H24Cl2N2O4S. The quantitative estimate of drug-likeness (QED) is 0.673. The normalized spacial score (nSPS) is 15.8. The van der Waals surface area contributed by atoms with Crippen molar-refractivity contribution in [3.8, 4) is 0 Å². The van der Waals surface area contributed by atoms with Gasteiger partial charge in [0.05, 0.1) is 10.0 Å². The van der Waals surface area contributed by atoms with Crippen molar-refractivity contribution >= 4 is 38.9 Å². The summed E-state index contributed by atoms with van der Waals surface area (Å²) in [6.07, 6.45) is 4.92. The van der Waals surface area contributed by atoms with Crippen molar-refractivity contribution < 1.29 is 17.6 Å². The Kier molecular flexibility index (Phi) is 7.62. The van der Waals surface area contributed by atoms with E-state index in [9.17, 15) is 13.2 Å². The highest BCUT2D eigenvalue weighted by Gasteiger charge is 2.24. The van der Waals surface area contributed by atoms with E-state index in [1.54, 1.807) is 6.07 Å². The van der Waals surface area contributed by atoms with Gasteiger partial charge in [0.2, 0.25) is 0 Å². The summed E-state index contributed by atoms with van der Waals surface area (Å²) in [5.41, 5.74) is 0. The SMILES string of the molecule is O=C(NCCN1CCCCCC1)c1ccc(CS(=O)(=O)c2c(Cl)cccc2Cl)o1. The van der Waals surface area contributed by atoms with E-state index in [0.29, 0.717) is 6.54 Å². The molecule has 0 saturated carbocycles. The van der Waals surface area contributed by atoms with Gasteiger partial charge in [-0.15, -0.1) is 0 Å². The molecule has 158 valence electrons. The highest BCUT2D eigenvalue weighted by Crippen LogP contribution is 2.31. The predicted octanol–water partition coefficient (Wildman–Crippen LogP) is 4.17. The Balaban J connectivity index is 1.57. The van der Waals surface area contributed by atoms with E-state index in [1.807, 2.05) is 0 Å². The number of furan rings is 1. The molecule has 1 aromatic heterocycles. The molecule has 9 heteroatoms. The average molecular weight is 459 g/mol. The Labute approximate surface area is 181 Å². The monoisotopic (exact) mass is 458 g/mol. The first kappa shape index (κ1) is 22.2. The maximum atomic E-state index is 12.7. The minimum Gasteiger partial charge on any atom is -0.455 e. The van der Waals surface area contributed by atoms with Gasteiger partial charge in [0.15, 0.2) is 15.6 Å². The summed E-state index contributed by atoms with van der Waals surface area (Å²) in [6.45, 7) is 3.42. The Morgan fingerprint density at radius 3 is 2.34 bits per heavy atom. The number of nitrogens with zero attached hydrogens (tertiary/aromatic N) is 1. The summed E-state index contributed by atoms with van der Waals surface area (Å²) in [5, 5.41) is 2.93. The van der Waals surface area contributed by atoms with Crippen molar-refractivity contribution in [2.24, 2.45) is 0 Å². The van der Waals surface area contributed by atoms with E-state index in [4.69, 9.17) is 27.6 Å². The van der Waals surface area contributed by atoms with Crippen molar-refractivity contribution in [1.82, 2.24) is 10.2 Å². The molecule has 0 spiro atoms. The Morgan fingerprint density at radius 1 is 1.03 bits per heavy atom. The summed E-state index contributed by atoms with van der Waals surface area (Å²) in [7, 11) is -3.82. The molecule has 1 aliphatic heterocycles. The number of amides is 1. The van der Waals surface area contributed by atoms with Crippen molar-refractivity contribution in [3.63, 3.8) is 0 Å². The molecular weight excluding hydrogens is 435 g/mol. The molecule has 1 aromatic carbocycles. The van der Waals surface area contributed by atoms with Crippen LogP contribution in [0.25, 0.3) is 0 Å². The van der Waals surface area contributed by atoms with Crippen LogP contribution in [-0.4, -0.2) is 45.4 Å². The van der Waals surface area contributed by atoms with Gasteiger partial charge in [-0.25, -0.2) is 8.42 Å². The highest BCUT2D eigenvalue weighted by molar-refractivity contribution is 7.90. The first-order chi connectivity index (χ1) is 13.9. The second-order valence-electron chi connectivity index (χ2n) is 7.09. The third-order valence-corrected chi connectivity index (χ3v) is 7.44. The molecule has 1 amide bonds. The number of benzene rings is 1. The minimum atomic E-state index is -3.82. The third kappa shape index (κ3) is 5.98. The number of hydrogen-bond acceptors (Lipinski definition) is 5. The number of nitrogens with one attached hydrogen (secondary N) is 1. The topological polar surface area (TPSA) is 79.6 Å². The number of rotatable bonds is 7. The molecule has 3 rings (SSSR count). The van der Waals surface area contributed by atoms with Crippen LogP contribution in [0, 0.1) is 0 Å². The van der Waals surface area contributed by atoms with Crippen LogP contribution in [0.15, 0.2) is 39.6 Å². The fourth-order valence-corrected chi connectivity index (χ4v) is 5.90. The van der Waals surface area contributed by atoms with Crippen molar-refractivity contribution in [3.05, 3.63) is 51.9 Å². The zero-order valence-electron chi connectivity index (χ0n) is 16.0. The number of halogens is 2. The van der Waals surface area contributed by atoms with Gasteiger partial charge >= 0.3 is 0 Å². The van der Waals surface area contributed by atoms with Gasteiger partial charge in [0.1, 0.15) is 16.4 Å².